The Morgan fingerprint density at radius 1 is 1.32 bits per heavy atom. The van der Waals surface area contributed by atoms with Crippen LogP contribution in [-0.2, 0) is 10.0 Å². The average Bonchev–Trinajstić information content (AvgIpc) is 2.90. The van der Waals surface area contributed by atoms with E-state index in [4.69, 9.17) is 9.47 Å². The number of hydrogen-bond donors (Lipinski definition) is 2. The normalized spacial score (nSPS) is 19.4. The van der Waals surface area contributed by atoms with Gasteiger partial charge in [-0.2, -0.15) is 0 Å². The van der Waals surface area contributed by atoms with Crippen molar-refractivity contribution in [2.24, 2.45) is 0 Å². The average molecular weight is 286 g/mol. The quantitative estimate of drug-likeness (QED) is 0.816. The molecular weight excluding hydrogens is 268 g/mol. The van der Waals surface area contributed by atoms with Gasteiger partial charge >= 0.3 is 0 Å². The lowest BCUT2D eigenvalue weighted by molar-refractivity contribution is 0.391. The topological polar surface area (TPSA) is 76.7 Å². The minimum Gasteiger partial charge on any atom is -0.497 e. The van der Waals surface area contributed by atoms with E-state index in [1.807, 2.05) is 0 Å². The largest absolute Gasteiger partial charge is 0.497 e. The molecular formula is C12H18N2O4S. The highest BCUT2D eigenvalue weighted by Gasteiger charge is 2.25. The van der Waals surface area contributed by atoms with E-state index in [9.17, 15) is 8.42 Å². The van der Waals surface area contributed by atoms with Gasteiger partial charge in [0.2, 0.25) is 10.0 Å². The summed E-state index contributed by atoms with van der Waals surface area (Å²) < 4.78 is 37.6. The molecule has 1 aromatic carbocycles. The zero-order valence-corrected chi connectivity index (χ0v) is 11.8. The molecule has 6 nitrogen and oxygen atoms in total. The molecule has 0 aliphatic carbocycles. The summed E-state index contributed by atoms with van der Waals surface area (Å²) in [4.78, 5) is 0.0984. The van der Waals surface area contributed by atoms with Crippen LogP contribution in [-0.4, -0.2) is 41.8 Å². The standard InChI is InChI=1S/C12H18N2O4S/c1-17-10-3-4-11(18-2)12(7-10)19(15,16)14-9-5-6-13-8-9/h3-4,7,9,13-14H,5-6,8H2,1-2H3/t9-/m0/s1. The van der Waals surface area contributed by atoms with Crippen LogP contribution in [0.4, 0.5) is 0 Å². The van der Waals surface area contributed by atoms with E-state index in [-0.39, 0.29) is 10.9 Å². The Morgan fingerprint density at radius 2 is 2.11 bits per heavy atom. The number of hydrogen-bond acceptors (Lipinski definition) is 5. The van der Waals surface area contributed by atoms with Gasteiger partial charge in [-0.15, -0.1) is 0 Å². The van der Waals surface area contributed by atoms with Gasteiger partial charge in [-0.3, -0.25) is 0 Å². The first-order valence-corrected chi connectivity index (χ1v) is 7.50. The molecule has 1 aromatic rings. The summed E-state index contributed by atoms with van der Waals surface area (Å²) >= 11 is 0. The van der Waals surface area contributed by atoms with Crippen LogP contribution in [0.1, 0.15) is 6.42 Å². The van der Waals surface area contributed by atoms with Crippen LogP contribution in [0.5, 0.6) is 11.5 Å². The summed E-state index contributed by atoms with van der Waals surface area (Å²) in [6, 6.07) is 4.62. The second-order valence-electron chi connectivity index (χ2n) is 4.33. The highest BCUT2D eigenvalue weighted by atomic mass is 32.2. The molecule has 1 saturated heterocycles. The predicted octanol–water partition coefficient (Wildman–Crippen LogP) is 0.344. The van der Waals surface area contributed by atoms with E-state index >= 15 is 0 Å². The number of rotatable bonds is 5. The van der Waals surface area contributed by atoms with Gasteiger partial charge in [0.15, 0.2) is 0 Å². The zero-order valence-electron chi connectivity index (χ0n) is 11.0. The Balaban J connectivity index is 2.32. The van der Waals surface area contributed by atoms with Gasteiger partial charge in [0, 0.05) is 18.7 Å². The van der Waals surface area contributed by atoms with E-state index in [0.29, 0.717) is 18.0 Å². The number of sulfonamides is 1. The zero-order chi connectivity index (χ0) is 13.9. The van der Waals surface area contributed by atoms with E-state index in [2.05, 4.69) is 10.0 Å². The summed E-state index contributed by atoms with van der Waals surface area (Å²) in [5.74, 6) is 0.782. The van der Waals surface area contributed by atoms with Gasteiger partial charge in [-0.05, 0) is 25.1 Å². The number of benzene rings is 1. The Bertz CT molecular complexity index is 539. The molecule has 1 aliphatic rings. The fraction of sp³-hybridized carbons (Fsp3) is 0.500. The summed E-state index contributed by atoms with van der Waals surface area (Å²) in [6.45, 7) is 1.47. The first-order chi connectivity index (χ1) is 9.06. The van der Waals surface area contributed by atoms with Crippen LogP contribution < -0.4 is 19.5 Å². The second-order valence-corrected chi connectivity index (χ2v) is 6.01. The first kappa shape index (κ1) is 14.1. The smallest absolute Gasteiger partial charge is 0.244 e. The number of ether oxygens (including phenoxy) is 2. The van der Waals surface area contributed by atoms with Gasteiger partial charge in [-0.25, -0.2) is 13.1 Å². The second kappa shape index (κ2) is 5.77. The van der Waals surface area contributed by atoms with E-state index in [0.717, 1.165) is 13.0 Å². The minimum absolute atomic E-state index is 0.0825. The molecule has 0 saturated carbocycles. The Hall–Kier alpha value is -1.31. The van der Waals surface area contributed by atoms with Crippen molar-refractivity contribution in [3.63, 3.8) is 0 Å². The third kappa shape index (κ3) is 3.17. The molecule has 0 amide bonds. The van der Waals surface area contributed by atoms with Crippen LogP contribution in [0.3, 0.4) is 0 Å². The predicted molar refractivity (Wildman–Crippen MR) is 71.1 cm³/mol. The molecule has 0 spiro atoms. The van der Waals surface area contributed by atoms with Crippen molar-refractivity contribution in [3.8, 4) is 11.5 Å². The molecule has 2 N–H and O–H groups in total. The van der Waals surface area contributed by atoms with Gasteiger partial charge < -0.3 is 14.8 Å². The van der Waals surface area contributed by atoms with Crippen molar-refractivity contribution >= 4 is 10.0 Å². The number of methoxy groups -OCH3 is 2. The third-order valence-corrected chi connectivity index (χ3v) is 4.58. The van der Waals surface area contributed by atoms with Crippen molar-refractivity contribution in [1.29, 1.82) is 0 Å². The molecule has 1 aliphatic heterocycles. The Kier molecular flexibility index (Phi) is 4.28. The Morgan fingerprint density at radius 3 is 2.68 bits per heavy atom. The van der Waals surface area contributed by atoms with Crippen molar-refractivity contribution < 1.29 is 17.9 Å². The monoisotopic (exact) mass is 286 g/mol. The molecule has 0 radical (unpaired) electrons. The maximum absolute atomic E-state index is 12.4. The van der Waals surface area contributed by atoms with E-state index < -0.39 is 10.0 Å². The molecule has 106 valence electrons. The molecule has 19 heavy (non-hydrogen) atoms. The van der Waals surface area contributed by atoms with Gasteiger partial charge in [0.25, 0.3) is 0 Å². The summed E-state index contributed by atoms with van der Waals surface area (Å²) in [6.07, 6.45) is 0.783. The lowest BCUT2D eigenvalue weighted by Gasteiger charge is -2.15. The lowest BCUT2D eigenvalue weighted by Crippen LogP contribution is -2.36. The highest BCUT2D eigenvalue weighted by Crippen LogP contribution is 2.28. The van der Waals surface area contributed by atoms with Crippen molar-refractivity contribution in [2.45, 2.75) is 17.4 Å². The van der Waals surface area contributed by atoms with Gasteiger partial charge in [0.1, 0.15) is 16.4 Å². The van der Waals surface area contributed by atoms with Crippen molar-refractivity contribution in [3.05, 3.63) is 18.2 Å². The van der Waals surface area contributed by atoms with Crippen LogP contribution in [0, 0.1) is 0 Å². The molecule has 2 rings (SSSR count). The SMILES string of the molecule is COc1ccc(OC)c(S(=O)(=O)N[C@H]2CCNC2)c1. The molecule has 0 aromatic heterocycles. The molecule has 0 unspecified atom stereocenters. The molecule has 1 fully saturated rings. The highest BCUT2D eigenvalue weighted by molar-refractivity contribution is 7.89. The summed E-state index contributed by atoms with van der Waals surface area (Å²) in [5.41, 5.74) is 0. The van der Waals surface area contributed by atoms with Gasteiger partial charge in [0.05, 0.1) is 14.2 Å². The van der Waals surface area contributed by atoms with Crippen LogP contribution in [0.25, 0.3) is 0 Å². The van der Waals surface area contributed by atoms with Crippen LogP contribution >= 0.6 is 0 Å². The summed E-state index contributed by atoms with van der Waals surface area (Å²) in [5, 5.41) is 3.11. The van der Waals surface area contributed by atoms with Crippen molar-refractivity contribution in [2.75, 3.05) is 27.3 Å². The fourth-order valence-electron chi connectivity index (χ4n) is 2.03. The third-order valence-electron chi connectivity index (χ3n) is 3.04. The number of nitrogens with one attached hydrogen (secondary N) is 2. The molecule has 1 atom stereocenters. The fourth-order valence-corrected chi connectivity index (χ4v) is 3.49. The van der Waals surface area contributed by atoms with Crippen LogP contribution in [0.2, 0.25) is 0 Å². The summed E-state index contributed by atoms with van der Waals surface area (Å²) in [7, 11) is -0.679. The maximum atomic E-state index is 12.4. The van der Waals surface area contributed by atoms with Crippen molar-refractivity contribution in [1.82, 2.24) is 10.0 Å². The van der Waals surface area contributed by atoms with Crippen LogP contribution in [0.15, 0.2) is 23.1 Å². The van der Waals surface area contributed by atoms with Gasteiger partial charge in [-0.1, -0.05) is 0 Å². The molecule has 0 bridgehead atoms. The first-order valence-electron chi connectivity index (χ1n) is 6.02. The Labute approximate surface area is 113 Å². The minimum atomic E-state index is -3.61. The maximum Gasteiger partial charge on any atom is 0.244 e. The lowest BCUT2D eigenvalue weighted by atomic mass is 10.3. The van der Waals surface area contributed by atoms with E-state index in [1.54, 1.807) is 12.1 Å². The molecule has 1 heterocycles. The van der Waals surface area contributed by atoms with E-state index in [1.165, 1.54) is 20.3 Å². The molecule has 7 heteroatoms.